The molecule has 2 unspecified atom stereocenters. The normalized spacial score (nSPS) is 12.6. The number of tetrazole rings is 1. The molecule has 0 aliphatic heterocycles. The molecule has 3 aromatic rings. The second-order valence-electron chi connectivity index (χ2n) is 7.73. The molecule has 0 aliphatic carbocycles. The number of carbonyl (C=O) groups excluding carboxylic acids is 2. The summed E-state index contributed by atoms with van der Waals surface area (Å²) in [6.07, 6.45) is -0.294. The molecule has 2 aromatic carbocycles. The number of hydrogen-bond donors (Lipinski definition) is 3. The summed E-state index contributed by atoms with van der Waals surface area (Å²) in [6.45, 7) is 3.04. The average Bonchev–Trinajstić information content (AvgIpc) is 3.26. The number of benzene rings is 2. The summed E-state index contributed by atoms with van der Waals surface area (Å²) < 4.78 is 6.30. The summed E-state index contributed by atoms with van der Waals surface area (Å²) in [7, 11) is 0. The van der Waals surface area contributed by atoms with Crippen LogP contribution in [0.4, 0.5) is 5.69 Å². The van der Waals surface area contributed by atoms with Gasteiger partial charge in [-0.1, -0.05) is 41.4 Å². The summed E-state index contributed by atoms with van der Waals surface area (Å²) in [4.78, 5) is 35.3. The molecule has 0 saturated carbocycles. The number of amides is 1. The molecular formula is C23H24Cl2N6O5. The summed E-state index contributed by atoms with van der Waals surface area (Å²) in [5, 5.41) is 27.9. The number of ether oxygens (including phenoxy) is 1. The molecule has 190 valence electrons. The molecular weight excluding hydrogens is 511 g/mol. The van der Waals surface area contributed by atoms with Crippen molar-refractivity contribution in [1.82, 2.24) is 25.5 Å². The number of carboxylic acids is 1. The van der Waals surface area contributed by atoms with Crippen LogP contribution in [0, 0.1) is 0 Å². The van der Waals surface area contributed by atoms with Crippen LogP contribution in [0.2, 0.25) is 10.0 Å². The van der Waals surface area contributed by atoms with E-state index in [1.54, 1.807) is 49.4 Å². The number of nitrogens with one attached hydrogen (secondary N) is 2. The SMILES string of the molecule is CCOC(=O)Cn1nnnc1C(NC(CC(=O)O)c1ccc(Cl)c(Cl)c1)c1ccc(NC(C)=O)cc1. The Labute approximate surface area is 216 Å². The maximum atomic E-state index is 12.1. The number of esters is 1. The molecule has 2 atom stereocenters. The summed E-state index contributed by atoms with van der Waals surface area (Å²) in [6, 6.07) is 10.2. The van der Waals surface area contributed by atoms with Crippen LogP contribution < -0.4 is 10.6 Å². The maximum Gasteiger partial charge on any atom is 0.327 e. The van der Waals surface area contributed by atoms with Gasteiger partial charge in [0.1, 0.15) is 6.54 Å². The van der Waals surface area contributed by atoms with E-state index in [2.05, 4.69) is 26.2 Å². The number of carbonyl (C=O) groups is 3. The van der Waals surface area contributed by atoms with Crippen LogP contribution in [0.15, 0.2) is 42.5 Å². The highest BCUT2D eigenvalue weighted by molar-refractivity contribution is 6.42. The van der Waals surface area contributed by atoms with E-state index in [-0.39, 0.29) is 36.3 Å². The first kappa shape index (κ1) is 27.1. The molecule has 1 heterocycles. The van der Waals surface area contributed by atoms with Crippen LogP contribution in [0.25, 0.3) is 0 Å². The van der Waals surface area contributed by atoms with Crippen molar-refractivity contribution >= 4 is 46.7 Å². The molecule has 1 aromatic heterocycles. The van der Waals surface area contributed by atoms with Crippen molar-refractivity contribution in [2.45, 2.75) is 38.9 Å². The highest BCUT2D eigenvalue weighted by Gasteiger charge is 2.28. The van der Waals surface area contributed by atoms with E-state index < -0.39 is 24.0 Å². The fourth-order valence-electron chi connectivity index (χ4n) is 3.52. The summed E-state index contributed by atoms with van der Waals surface area (Å²) in [5.74, 6) is -1.55. The van der Waals surface area contributed by atoms with E-state index >= 15 is 0 Å². The quantitative estimate of drug-likeness (QED) is 0.314. The van der Waals surface area contributed by atoms with Gasteiger partial charge in [0.2, 0.25) is 5.91 Å². The highest BCUT2D eigenvalue weighted by atomic mass is 35.5. The van der Waals surface area contributed by atoms with E-state index in [0.29, 0.717) is 21.8 Å². The van der Waals surface area contributed by atoms with E-state index in [9.17, 15) is 19.5 Å². The van der Waals surface area contributed by atoms with Gasteiger partial charge in [-0.05, 0) is 52.7 Å². The van der Waals surface area contributed by atoms with Crippen LogP contribution in [0.3, 0.4) is 0 Å². The van der Waals surface area contributed by atoms with Crippen LogP contribution in [-0.4, -0.2) is 49.8 Å². The lowest BCUT2D eigenvalue weighted by Crippen LogP contribution is -2.32. The Bertz CT molecular complexity index is 1230. The Balaban J connectivity index is 2.04. The van der Waals surface area contributed by atoms with Gasteiger partial charge >= 0.3 is 11.9 Å². The molecule has 0 bridgehead atoms. The van der Waals surface area contributed by atoms with E-state index in [4.69, 9.17) is 27.9 Å². The molecule has 13 heteroatoms. The van der Waals surface area contributed by atoms with Gasteiger partial charge < -0.3 is 15.2 Å². The van der Waals surface area contributed by atoms with Gasteiger partial charge in [-0.15, -0.1) is 5.10 Å². The van der Waals surface area contributed by atoms with Crippen molar-refractivity contribution in [2.24, 2.45) is 0 Å². The number of hydrogen-bond acceptors (Lipinski definition) is 8. The number of aliphatic carboxylic acids is 1. The Kier molecular flexibility index (Phi) is 9.34. The zero-order valence-electron chi connectivity index (χ0n) is 19.4. The van der Waals surface area contributed by atoms with Gasteiger partial charge in [-0.3, -0.25) is 19.7 Å². The van der Waals surface area contributed by atoms with Gasteiger partial charge in [0, 0.05) is 18.7 Å². The van der Waals surface area contributed by atoms with Gasteiger partial charge in [-0.2, -0.15) is 0 Å². The van der Waals surface area contributed by atoms with Crippen molar-refractivity contribution in [3.8, 4) is 0 Å². The predicted molar refractivity (Wildman–Crippen MR) is 132 cm³/mol. The number of carboxylic acid groups (broad SMARTS) is 1. The second-order valence-corrected chi connectivity index (χ2v) is 8.54. The average molecular weight is 535 g/mol. The van der Waals surface area contributed by atoms with Gasteiger partial charge in [0.25, 0.3) is 0 Å². The van der Waals surface area contributed by atoms with Crippen LogP contribution in [0.5, 0.6) is 0 Å². The van der Waals surface area contributed by atoms with Gasteiger partial charge in [0.15, 0.2) is 5.82 Å². The molecule has 0 saturated heterocycles. The third kappa shape index (κ3) is 7.23. The summed E-state index contributed by atoms with van der Waals surface area (Å²) in [5.41, 5.74) is 1.80. The highest BCUT2D eigenvalue weighted by Crippen LogP contribution is 2.31. The van der Waals surface area contributed by atoms with Crippen LogP contribution in [-0.2, 0) is 25.7 Å². The minimum Gasteiger partial charge on any atom is -0.481 e. The fourth-order valence-corrected chi connectivity index (χ4v) is 3.83. The zero-order chi connectivity index (χ0) is 26.2. The van der Waals surface area contributed by atoms with Crippen molar-refractivity contribution < 1.29 is 24.2 Å². The zero-order valence-corrected chi connectivity index (χ0v) is 21.0. The number of rotatable bonds is 11. The molecule has 0 aliphatic rings. The topological polar surface area (TPSA) is 148 Å². The fraction of sp³-hybridized carbons (Fsp3) is 0.304. The van der Waals surface area contributed by atoms with E-state index in [1.165, 1.54) is 11.6 Å². The van der Waals surface area contributed by atoms with E-state index in [0.717, 1.165) is 0 Å². The number of aromatic nitrogens is 4. The number of halogens is 2. The standard InChI is InChI=1S/C23H24Cl2N6O5/c1-3-36-21(35)12-31-23(28-29-30-31)22(14-4-7-16(8-5-14)26-13(2)32)27-19(11-20(33)34)15-6-9-17(24)18(25)10-15/h4-10,19,22,27H,3,11-12H2,1-2H3,(H,26,32)(H,33,34). The predicted octanol–water partition coefficient (Wildman–Crippen LogP) is 3.40. The first-order valence-electron chi connectivity index (χ1n) is 10.9. The Morgan fingerprint density at radius 2 is 1.78 bits per heavy atom. The third-order valence-corrected chi connectivity index (χ3v) is 5.80. The van der Waals surface area contributed by atoms with Crippen LogP contribution in [0.1, 0.15) is 49.3 Å². The van der Waals surface area contributed by atoms with Crippen molar-refractivity contribution in [3.05, 3.63) is 69.5 Å². The molecule has 3 rings (SSSR count). The Morgan fingerprint density at radius 1 is 1.08 bits per heavy atom. The van der Waals surface area contributed by atoms with Gasteiger partial charge in [-0.25, -0.2) is 4.68 Å². The minimum absolute atomic E-state index is 0.195. The van der Waals surface area contributed by atoms with Crippen molar-refractivity contribution in [2.75, 3.05) is 11.9 Å². The molecule has 1 amide bonds. The van der Waals surface area contributed by atoms with Crippen LogP contribution >= 0.6 is 23.2 Å². The molecule has 3 N–H and O–H groups in total. The van der Waals surface area contributed by atoms with Crippen molar-refractivity contribution in [1.29, 1.82) is 0 Å². The third-order valence-electron chi connectivity index (χ3n) is 5.06. The molecule has 0 fully saturated rings. The largest absolute Gasteiger partial charge is 0.481 e. The molecule has 36 heavy (non-hydrogen) atoms. The first-order chi connectivity index (χ1) is 17.2. The smallest absolute Gasteiger partial charge is 0.327 e. The Hall–Kier alpha value is -3.54. The Morgan fingerprint density at radius 3 is 2.39 bits per heavy atom. The molecule has 0 spiro atoms. The molecule has 0 radical (unpaired) electrons. The summed E-state index contributed by atoms with van der Waals surface area (Å²) >= 11 is 12.2. The maximum absolute atomic E-state index is 12.1. The lowest BCUT2D eigenvalue weighted by molar-refractivity contribution is -0.144. The lowest BCUT2D eigenvalue weighted by atomic mass is 9.99. The van der Waals surface area contributed by atoms with Gasteiger partial charge in [0.05, 0.1) is 29.1 Å². The lowest BCUT2D eigenvalue weighted by Gasteiger charge is -2.25. The number of nitrogens with zero attached hydrogens (tertiary/aromatic N) is 4. The monoisotopic (exact) mass is 534 g/mol. The van der Waals surface area contributed by atoms with E-state index in [1.807, 2.05) is 0 Å². The van der Waals surface area contributed by atoms with Crippen molar-refractivity contribution in [3.63, 3.8) is 0 Å². The first-order valence-corrected chi connectivity index (χ1v) is 11.7. The molecule has 11 nitrogen and oxygen atoms in total. The minimum atomic E-state index is -1.05. The number of anilines is 1. The second kappa shape index (κ2) is 12.4.